The summed E-state index contributed by atoms with van der Waals surface area (Å²) in [6.07, 6.45) is 4.08. The van der Waals surface area contributed by atoms with Crippen molar-refractivity contribution < 1.29 is 14.3 Å². The van der Waals surface area contributed by atoms with Gasteiger partial charge in [-0.25, -0.2) is 0 Å². The second kappa shape index (κ2) is 8.56. The third kappa shape index (κ3) is 4.53. The molecule has 0 radical (unpaired) electrons. The van der Waals surface area contributed by atoms with Crippen LogP contribution in [-0.2, 0) is 11.2 Å². The fourth-order valence-electron chi connectivity index (χ4n) is 3.18. The Bertz CT molecular complexity index is 714. The Morgan fingerprint density at radius 1 is 1.08 bits per heavy atom. The molecular weight excluding hydrogens is 314 g/mol. The number of hydrogen-bond donors (Lipinski definition) is 1. The van der Waals surface area contributed by atoms with Crippen molar-refractivity contribution in [1.29, 1.82) is 0 Å². The van der Waals surface area contributed by atoms with Crippen LogP contribution in [0, 0.1) is 0 Å². The van der Waals surface area contributed by atoms with Crippen molar-refractivity contribution in [3.05, 3.63) is 59.7 Å². The molecule has 1 atom stereocenters. The lowest BCUT2D eigenvalue weighted by molar-refractivity contribution is -0.124. The van der Waals surface area contributed by atoms with Gasteiger partial charge in [-0.05, 0) is 48.9 Å². The Labute approximate surface area is 149 Å². The Morgan fingerprint density at radius 3 is 2.60 bits per heavy atom. The number of carbonyl (C=O) groups excluding carboxylic acids is 1. The standard InChI is InChI=1S/C21H25NO3/c1-2-14-24-19-12-5-6-13-20(19)25-15-21(23)22-18-11-7-9-16-8-3-4-10-17(16)18/h3-6,8,10,12-13,18H,2,7,9,11,14-15H2,1H3,(H,22,23). The van der Waals surface area contributed by atoms with E-state index in [9.17, 15) is 4.79 Å². The predicted molar refractivity (Wildman–Crippen MR) is 98.0 cm³/mol. The summed E-state index contributed by atoms with van der Waals surface area (Å²) in [5.41, 5.74) is 2.56. The van der Waals surface area contributed by atoms with Gasteiger partial charge in [0.05, 0.1) is 12.6 Å². The van der Waals surface area contributed by atoms with Gasteiger partial charge >= 0.3 is 0 Å². The van der Waals surface area contributed by atoms with E-state index in [1.165, 1.54) is 11.1 Å². The van der Waals surface area contributed by atoms with Gasteiger partial charge in [0.1, 0.15) is 0 Å². The molecule has 0 saturated heterocycles. The zero-order valence-electron chi connectivity index (χ0n) is 14.7. The van der Waals surface area contributed by atoms with Crippen molar-refractivity contribution >= 4 is 5.91 Å². The first-order chi connectivity index (χ1) is 12.3. The van der Waals surface area contributed by atoms with Gasteiger partial charge in [0.2, 0.25) is 0 Å². The monoisotopic (exact) mass is 339 g/mol. The quantitative estimate of drug-likeness (QED) is 0.828. The number of fused-ring (bicyclic) bond motifs is 1. The number of amides is 1. The van der Waals surface area contributed by atoms with E-state index in [-0.39, 0.29) is 18.6 Å². The Kier molecular flexibility index (Phi) is 5.94. The highest BCUT2D eigenvalue weighted by molar-refractivity contribution is 5.78. The van der Waals surface area contributed by atoms with Crippen LogP contribution in [0.25, 0.3) is 0 Å². The highest BCUT2D eigenvalue weighted by atomic mass is 16.5. The van der Waals surface area contributed by atoms with E-state index in [4.69, 9.17) is 9.47 Å². The fraction of sp³-hybridized carbons (Fsp3) is 0.381. The van der Waals surface area contributed by atoms with Gasteiger partial charge in [0.25, 0.3) is 5.91 Å². The van der Waals surface area contributed by atoms with Crippen LogP contribution in [0.2, 0.25) is 0 Å². The number of carbonyl (C=O) groups is 1. The van der Waals surface area contributed by atoms with E-state index in [1.54, 1.807) is 0 Å². The molecule has 1 unspecified atom stereocenters. The summed E-state index contributed by atoms with van der Waals surface area (Å²) in [5, 5.41) is 3.10. The number of nitrogens with one attached hydrogen (secondary N) is 1. The molecule has 132 valence electrons. The smallest absolute Gasteiger partial charge is 0.258 e. The largest absolute Gasteiger partial charge is 0.490 e. The molecule has 1 aliphatic rings. The maximum Gasteiger partial charge on any atom is 0.258 e. The van der Waals surface area contributed by atoms with Crippen molar-refractivity contribution in [2.45, 2.75) is 38.6 Å². The fourth-order valence-corrected chi connectivity index (χ4v) is 3.18. The van der Waals surface area contributed by atoms with Crippen LogP contribution in [0.1, 0.15) is 43.4 Å². The first-order valence-corrected chi connectivity index (χ1v) is 8.99. The van der Waals surface area contributed by atoms with Gasteiger partial charge in [-0.15, -0.1) is 0 Å². The van der Waals surface area contributed by atoms with Crippen LogP contribution in [-0.4, -0.2) is 19.1 Å². The molecular formula is C21H25NO3. The highest BCUT2D eigenvalue weighted by Crippen LogP contribution is 2.30. The second-order valence-corrected chi connectivity index (χ2v) is 6.30. The summed E-state index contributed by atoms with van der Waals surface area (Å²) in [4.78, 5) is 12.3. The van der Waals surface area contributed by atoms with Crippen LogP contribution in [0.5, 0.6) is 11.5 Å². The average molecular weight is 339 g/mol. The zero-order chi connectivity index (χ0) is 17.5. The number of aryl methyl sites for hydroxylation is 1. The molecule has 0 heterocycles. The third-order valence-electron chi connectivity index (χ3n) is 4.37. The lowest BCUT2D eigenvalue weighted by Crippen LogP contribution is -2.34. The third-order valence-corrected chi connectivity index (χ3v) is 4.37. The van der Waals surface area contributed by atoms with Crippen molar-refractivity contribution in [2.24, 2.45) is 0 Å². The van der Waals surface area contributed by atoms with Crippen LogP contribution in [0.15, 0.2) is 48.5 Å². The van der Waals surface area contributed by atoms with Gasteiger partial charge in [-0.3, -0.25) is 4.79 Å². The SMILES string of the molecule is CCCOc1ccccc1OCC(=O)NC1CCCc2ccccc21. The van der Waals surface area contributed by atoms with E-state index < -0.39 is 0 Å². The highest BCUT2D eigenvalue weighted by Gasteiger charge is 2.21. The lowest BCUT2D eigenvalue weighted by atomic mass is 9.88. The summed E-state index contributed by atoms with van der Waals surface area (Å²) in [6, 6.07) is 15.9. The van der Waals surface area contributed by atoms with Crippen LogP contribution >= 0.6 is 0 Å². The molecule has 0 fully saturated rings. The van der Waals surface area contributed by atoms with Crippen molar-refractivity contribution in [3.63, 3.8) is 0 Å². The topological polar surface area (TPSA) is 47.6 Å². The van der Waals surface area contributed by atoms with E-state index in [2.05, 4.69) is 30.4 Å². The minimum absolute atomic E-state index is 0.00876. The van der Waals surface area contributed by atoms with Gasteiger partial charge < -0.3 is 14.8 Å². The van der Waals surface area contributed by atoms with Crippen LogP contribution < -0.4 is 14.8 Å². The minimum atomic E-state index is -0.105. The predicted octanol–water partition coefficient (Wildman–Crippen LogP) is 4.05. The molecule has 25 heavy (non-hydrogen) atoms. The normalized spacial score (nSPS) is 16.0. The summed E-state index contributed by atoms with van der Waals surface area (Å²) >= 11 is 0. The van der Waals surface area contributed by atoms with E-state index >= 15 is 0 Å². The average Bonchev–Trinajstić information content (AvgIpc) is 2.65. The number of ether oxygens (including phenoxy) is 2. The van der Waals surface area contributed by atoms with Gasteiger partial charge in [0.15, 0.2) is 18.1 Å². The number of benzene rings is 2. The number of rotatable bonds is 7. The molecule has 4 heteroatoms. The molecule has 2 aromatic carbocycles. The minimum Gasteiger partial charge on any atom is -0.490 e. The molecule has 0 aromatic heterocycles. The summed E-state index contributed by atoms with van der Waals surface area (Å²) < 4.78 is 11.3. The Balaban J connectivity index is 1.58. The molecule has 0 bridgehead atoms. The maximum atomic E-state index is 12.3. The van der Waals surface area contributed by atoms with Gasteiger partial charge in [0, 0.05) is 0 Å². The summed E-state index contributed by atoms with van der Waals surface area (Å²) in [5.74, 6) is 1.18. The zero-order valence-corrected chi connectivity index (χ0v) is 14.7. The van der Waals surface area contributed by atoms with Gasteiger partial charge in [-0.1, -0.05) is 43.3 Å². The van der Waals surface area contributed by atoms with Crippen LogP contribution in [0.4, 0.5) is 0 Å². The Morgan fingerprint density at radius 2 is 1.80 bits per heavy atom. The molecule has 3 rings (SSSR count). The molecule has 0 spiro atoms. The maximum absolute atomic E-state index is 12.3. The molecule has 0 aliphatic heterocycles. The first-order valence-electron chi connectivity index (χ1n) is 8.99. The summed E-state index contributed by atoms with van der Waals surface area (Å²) in [7, 11) is 0. The molecule has 1 amide bonds. The van der Waals surface area contributed by atoms with Crippen LogP contribution in [0.3, 0.4) is 0 Å². The van der Waals surface area contributed by atoms with E-state index in [1.807, 2.05) is 30.3 Å². The summed E-state index contributed by atoms with van der Waals surface area (Å²) in [6.45, 7) is 2.68. The number of para-hydroxylation sites is 2. The molecule has 0 saturated carbocycles. The van der Waals surface area contributed by atoms with Crippen molar-refractivity contribution in [1.82, 2.24) is 5.32 Å². The molecule has 1 N–H and O–H groups in total. The lowest BCUT2D eigenvalue weighted by Gasteiger charge is -2.26. The second-order valence-electron chi connectivity index (χ2n) is 6.30. The van der Waals surface area contributed by atoms with E-state index in [0.717, 1.165) is 25.7 Å². The van der Waals surface area contributed by atoms with Crippen molar-refractivity contribution in [3.8, 4) is 11.5 Å². The first kappa shape index (κ1) is 17.3. The molecule has 4 nitrogen and oxygen atoms in total. The van der Waals surface area contributed by atoms with Crippen molar-refractivity contribution in [2.75, 3.05) is 13.2 Å². The van der Waals surface area contributed by atoms with Gasteiger partial charge in [-0.2, -0.15) is 0 Å². The molecule has 1 aliphatic carbocycles. The number of hydrogen-bond acceptors (Lipinski definition) is 3. The Hall–Kier alpha value is -2.49. The molecule has 2 aromatic rings. The van der Waals surface area contributed by atoms with E-state index in [0.29, 0.717) is 18.1 Å².